The van der Waals surface area contributed by atoms with Crippen LogP contribution in [-0.2, 0) is 21.4 Å². The quantitative estimate of drug-likeness (QED) is 0.216. The van der Waals surface area contributed by atoms with Gasteiger partial charge < -0.3 is 14.5 Å². The Morgan fingerprint density at radius 2 is 1.67 bits per heavy atom. The fraction of sp³-hybridized carbons (Fsp3) is 0.424. The number of amides is 1. The highest BCUT2D eigenvalue weighted by Gasteiger charge is 2.30. The van der Waals surface area contributed by atoms with E-state index in [2.05, 4.69) is 11.8 Å². The van der Waals surface area contributed by atoms with Gasteiger partial charge in [0.1, 0.15) is 6.61 Å². The molecule has 1 saturated heterocycles. The Morgan fingerprint density at radius 1 is 1.00 bits per heavy atom. The summed E-state index contributed by atoms with van der Waals surface area (Å²) in [5, 5.41) is 0.641. The molecule has 0 radical (unpaired) electrons. The number of benzene rings is 3. The molecule has 0 bridgehead atoms. The molecule has 1 atom stereocenters. The van der Waals surface area contributed by atoms with Crippen LogP contribution in [0, 0.1) is 0 Å². The molecule has 1 fully saturated rings. The third-order valence-corrected chi connectivity index (χ3v) is 10.0. The standard InChI is InChI=1S/C33H42ClN3O4S/c1-3-20-37(33(38)41-26-27-11-6-4-7-12-27)31-18-22-36(23-19-31)21-17-29(28-13-10-14-30(34)24-28)25-35(2)42(39,40)32-15-8-5-9-16-32/h4-16,24,29,31H,3,17-23,25-26H2,1-2H3/t29-/m1/s1. The van der Waals surface area contributed by atoms with Crippen LogP contribution < -0.4 is 0 Å². The van der Waals surface area contributed by atoms with Crippen molar-refractivity contribution in [3.8, 4) is 0 Å². The summed E-state index contributed by atoms with van der Waals surface area (Å²) in [5.74, 6) is -0.0190. The van der Waals surface area contributed by atoms with Crippen LogP contribution >= 0.6 is 11.6 Å². The first-order valence-corrected chi connectivity index (χ1v) is 16.6. The van der Waals surface area contributed by atoms with Gasteiger partial charge in [0.15, 0.2) is 0 Å². The van der Waals surface area contributed by atoms with Crippen molar-refractivity contribution in [2.75, 3.05) is 39.8 Å². The number of carbonyl (C=O) groups excluding carboxylic acids is 1. The third kappa shape index (κ3) is 8.80. The summed E-state index contributed by atoms with van der Waals surface area (Å²) in [6.45, 7) is 5.96. The Hall–Kier alpha value is -2.91. The summed E-state index contributed by atoms with van der Waals surface area (Å²) < 4.78 is 33.6. The molecule has 1 amide bonds. The molecule has 42 heavy (non-hydrogen) atoms. The van der Waals surface area contributed by atoms with Crippen LogP contribution in [0.5, 0.6) is 0 Å². The minimum absolute atomic E-state index is 0.0190. The summed E-state index contributed by atoms with van der Waals surface area (Å²) in [5.41, 5.74) is 2.01. The van der Waals surface area contributed by atoms with E-state index in [0.29, 0.717) is 23.0 Å². The number of carbonyl (C=O) groups is 1. The monoisotopic (exact) mass is 611 g/mol. The zero-order valence-corrected chi connectivity index (χ0v) is 26.1. The van der Waals surface area contributed by atoms with Gasteiger partial charge in [-0.3, -0.25) is 0 Å². The Bertz CT molecular complexity index is 1370. The molecule has 9 heteroatoms. The van der Waals surface area contributed by atoms with Crippen LogP contribution in [0.25, 0.3) is 0 Å². The second kappa shape index (κ2) is 15.5. The predicted molar refractivity (Wildman–Crippen MR) is 168 cm³/mol. The van der Waals surface area contributed by atoms with Crippen molar-refractivity contribution in [2.45, 2.75) is 56.1 Å². The van der Waals surface area contributed by atoms with Crippen LogP contribution in [0.15, 0.2) is 89.8 Å². The van der Waals surface area contributed by atoms with Gasteiger partial charge in [0, 0.05) is 44.3 Å². The van der Waals surface area contributed by atoms with Gasteiger partial charge >= 0.3 is 6.09 Å². The van der Waals surface area contributed by atoms with Crippen molar-refractivity contribution in [1.29, 1.82) is 0 Å². The largest absolute Gasteiger partial charge is 0.445 e. The van der Waals surface area contributed by atoms with E-state index in [0.717, 1.165) is 56.4 Å². The van der Waals surface area contributed by atoms with Crippen LogP contribution in [-0.4, -0.2) is 74.4 Å². The van der Waals surface area contributed by atoms with Crippen LogP contribution in [0.4, 0.5) is 4.79 Å². The lowest BCUT2D eigenvalue weighted by Crippen LogP contribution is -2.48. The molecule has 7 nitrogen and oxygen atoms in total. The van der Waals surface area contributed by atoms with Crippen LogP contribution in [0.3, 0.4) is 0 Å². The number of hydrogen-bond donors (Lipinski definition) is 0. The number of ether oxygens (including phenoxy) is 1. The zero-order chi connectivity index (χ0) is 30.0. The molecule has 226 valence electrons. The lowest BCUT2D eigenvalue weighted by Gasteiger charge is -2.38. The molecule has 0 saturated carbocycles. The normalized spacial score (nSPS) is 15.4. The highest BCUT2D eigenvalue weighted by Crippen LogP contribution is 2.27. The number of likely N-dealkylation sites (N-methyl/N-ethyl adjacent to an activating group) is 1. The smallest absolute Gasteiger partial charge is 0.410 e. The number of likely N-dealkylation sites (tertiary alicyclic amines) is 1. The summed E-state index contributed by atoms with van der Waals surface area (Å²) >= 11 is 6.33. The molecule has 0 spiro atoms. The summed E-state index contributed by atoms with van der Waals surface area (Å²) in [6, 6.07) is 26.2. The summed E-state index contributed by atoms with van der Waals surface area (Å²) in [4.78, 5) is 17.6. The maximum Gasteiger partial charge on any atom is 0.410 e. The number of sulfonamides is 1. The Labute approximate surface area is 256 Å². The molecule has 0 aliphatic carbocycles. The van der Waals surface area contributed by atoms with Gasteiger partial charge in [0.05, 0.1) is 4.90 Å². The fourth-order valence-electron chi connectivity index (χ4n) is 5.56. The van der Waals surface area contributed by atoms with Crippen LogP contribution in [0.1, 0.15) is 49.7 Å². The van der Waals surface area contributed by atoms with E-state index in [1.54, 1.807) is 31.3 Å². The Morgan fingerprint density at radius 3 is 2.31 bits per heavy atom. The van der Waals surface area contributed by atoms with E-state index in [4.69, 9.17) is 16.3 Å². The number of halogens is 1. The SMILES string of the molecule is CCCN(C(=O)OCc1ccccc1)C1CCN(CC[C@H](CN(C)S(=O)(=O)c2ccccc2)c2cccc(Cl)c2)CC1. The second-order valence-corrected chi connectivity index (χ2v) is 13.4. The Balaban J connectivity index is 1.35. The number of nitrogens with zero attached hydrogens (tertiary/aromatic N) is 3. The molecule has 4 rings (SSSR count). The van der Waals surface area contributed by atoms with Crippen molar-refractivity contribution in [3.63, 3.8) is 0 Å². The van der Waals surface area contributed by atoms with E-state index in [9.17, 15) is 13.2 Å². The number of hydrogen-bond acceptors (Lipinski definition) is 5. The molecule has 0 N–H and O–H groups in total. The van der Waals surface area contributed by atoms with Crippen molar-refractivity contribution < 1.29 is 17.9 Å². The van der Waals surface area contributed by atoms with E-state index in [1.165, 1.54) is 4.31 Å². The molecule has 3 aromatic carbocycles. The molecule has 0 aromatic heterocycles. The lowest BCUT2D eigenvalue weighted by molar-refractivity contribution is 0.0601. The van der Waals surface area contributed by atoms with E-state index >= 15 is 0 Å². The van der Waals surface area contributed by atoms with Gasteiger partial charge in [0.2, 0.25) is 10.0 Å². The van der Waals surface area contributed by atoms with Gasteiger partial charge in [-0.1, -0.05) is 79.2 Å². The minimum Gasteiger partial charge on any atom is -0.445 e. The average molecular weight is 612 g/mol. The van der Waals surface area contributed by atoms with Crippen molar-refractivity contribution in [2.24, 2.45) is 0 Å². The van der Waals surface area contributed by atoms with Crippen molar-refractivity contribution >= 4 is 27.7 Å². The summed E-state index contributed by atoms with van der Waals surface area (Å²) in [7, 11) is -1.97. The van der Waals surface area contributed by atoms with Gasteiger partial charge in [-0.15, -0.1) is 0 Å². The minimum atomic E-state index is -3.61. The first-order valence-electron chi connectivity index (χ1n) is 14.7. The van der Waals surface area contributed by atoms with E-state index in [-0.39, 0.29) is 24.7 Å². The maximum absolute atomic E-state index is 13.3. The number of piperidine rings is 1. The Kier molecular flexibility index (Phi) is 11.8. The van der Waals surface area contributed by atoms with Gasteiger partial charge in [-0.25, -0.2) is 17.5 Å². The van der Waals surface area contributed by atoms with Crippen molar-refractivity contribution in [1.82, 2.24) is 14.1 Å². The molecule has 3 aromatic rings. The first-order chi connectivity index (χ1) is 20.3. The first kappa shape index (κ1) is 32.0. The zero-order valence-electron chi connectivity index (χ0n) is 24.6. The third-order valence-electron chi connectivity index (χ3n) is 7.94. The summed E-state index contributed by atoms with van der Waals surface area (Å²) in [6.07, 6.45) is 3.18. The predicted octanol–water partition coefficient (Wildman–Crippen LogP) is 6.65. The van der Waals surface area contributed by atoms with Crippen molar-refractivity contribution in [3.05, 3.63) is 101 Å². The maximum atomic E-state index is 13.3. The van der Waals surface area contributed by atoms with Gasteiger partial charge in [-0.2, -0.15) is 0 Å². The average Bonchev–Trinajstić information content (AvgIpc) is 3.02. The molecular formula is C33H42ClN3O4S. The molecule has 1 aliphatic heterocycles. The van der Waals surface area contributed by atoms with E-state index in [1.807, 2.05) is 65.6 Å². The molecule has 1 heterocycles. The van der Waals surface area contributed by atoms with Crippen LogP contribution in [0.2, 0.25) is 5.02 Å². The van der Waals surface area contributed by atoms with Gasteiger partial charge in [-0.05, 0) is 73.5 Å². The second-order valence-electron chi connectivity index (χ2n) is 10.9. The topological polar surface area (TPSA) is 70.2 Å². The fourth-order valence-corrected chi connectivity index (χ4v) is 7.00. The number of rotatable bonds is 13. The molecule has 0 unspecified atom stereocenters. The highest BCUT2D eigenvalue weighted by atomic mass is 35.5. The van der Waals surface area contributed by atoms with Gasteiger partial charge in [0.25, 0.3) is 0 Å². The van der Waals surface area contributed by atoms with E-state index < -0.39 is 10.0 Å². The molecule has 1 aliphatic rings. The lowest BCUT2D eigenvalue weighted by atomic mass is 9.94. The molecular weight excluding hydrogens is 570 g/mol. The highest BCUT2D eigenvalue weighted by molar-refractivity contribution is 7.89.